The van der Waals surface area contributed by atoms with Crippen LogP contribution < -0.4 is 5.32 Å². The van der Waals surface area contributed by atoms with E-state index in [1.807, 2.05) is 11.3 Å². The summed E-state index contributed by atoms with van der Waals surface area (Å²) < 4.78 is 0. The highest BCUT2D eigenvalue weighted by molar-refractivity contribution is 7.12. The standard InChI is InChI=1S/C16H27NS/c1-10-6-7-11(2)16(8-10)17-13(4)15-9-12(3)18-14(15)5/h9-11,13,16-17H,6-8H2,1-5H3. The van der Waals surface area contributed by atoms with E-state index in [9.17, 15) is 0 Å². The lowest BCUT2D eigenvalue weighted by Gasteiger charge is -2.35. The molecule has 0 spiro atoms. The molecule has 1 N–H and O–H groups in total. The number of nitrogens with one attached hydrogen (secondary N) is 1. The van der Waals surface area contributed by atoms with Crippen molar-refractivity contribution in [3.8, 4) is 0 Å². The maximum absolute atomic E-state index is 3.88. The molecular formula is C16H27NS. The Hall–Kier alpha value is -0.340. The highest BCUT2D eigenvalue weighted by atomic mass is 32.1. The van der Waals surface area contributed by atoms with Crippen molar-refractivity contribution in [1.29, 1.82) is 0 Å². The molecule has 4 unspecified atom stereocenters. The van der Waals surface area contributed by atoms with Crippen LogP contribution >= 0.6 is 11.3 Å². The lowest BCUT2D eigenvalue weighted by molar-refractivity contribution is 0.216. The number of hydrogen-bond donors (Lipinski definition) is 1. The van der Waals surface area contributed by atoms with Gasteiger partial charge in [-0.3, -0.25) is 0 Å². The first kappa shape index (κ1) is 14.1. The number of thiophene rings is 1. The first-order valence-corrected chi connectivity index (χ1v) is 8.12. The van der Waals surface area contributed by atoms with Crippen LogP contribution in [-0.2, 0) is 0 Å². The summed E-state index contributed by atoms with van der Waals surface area (Å²) in [5.41, 5.74) is 1.50. The Balaban J connectivity index is 2.02. The van der Waals surface area contributed by atoms with Gasteiger partial charge in [0.1, 0.15) is 0 Å². The van der Waals surface area contributed by atoms with Gasteiger partial charge in [0.25, 0.3) is 0 Å². The molecule has 0 aromatic carbocycles. The van der Waals surface area contributed by atoms with Crippen molar-refractivity contribution in [3.05, 3.63) is 21.4 Å². The average molecular weight is 265 g/mol. The zero-order chi connectivity index (χ0) is 13.3. The normalized spacial score (nSPS) is 30.4. The van der Waals surface area contributed by atoms with Crippen LogP contribution in [0.3, 0.4) is 0 Å². The monoisotopic (exact) mass is 265 g/mol. The van der Waals surface area contributed by atoms with Crippen LogP contribution in [0.25, 0.3) is 0 Å². The fraction of sp³-hybridized carbons (Fsp3) is 0.750. The van der Waals surface area contributed by atoms with Gasteiger partial charge in [0.15, 0.2) is 0 Å². The predicted octanol–water partition coefficient (Wildman–Crippen LogP) is 4.84. The molecule has 2 rings (SSSR count). The van der Waals surface area contributed by atoms with Crippen LogP contribution in [0.4, 0.5) is 0 Å². The van der Waals surface area contributed by atoms with E-state index >= 15 is 0 Å². The largest absolute Gasteiger partial charge is 0.307 e. The summed E-state index contributed by atoms with van der Waals surface area (Å²) in [6.07, 6.45) is 4.13. The first-order valence-electron chi connectivity index (χ1n) is 7.30. The Morgan fingerprint density at radius 2 is 2.00 bits per heavy atom. The maximum Gasteiger partial charge on any atom is 0.0305 e. The number of hydrogen-bond acceptors (Lipinski definition) is 2. The van der Waals surface area contributed by atoms with Crippen LogP contribution in [0.1, 0.15) is 61.4 Å². The molecule has 0 radical (unpaired) electrons. The zero-order valence-corrected chi connectivity index (χ0v) is 13.2. The fourth-order valence-corrected chi connectivity index (χ4v) is 4.28. The smallest absolute Gasteiger partial charge is 0.0305 e. The molecule has 1 aliphatic carbocycles. The second kappa shape index (κ2) is 5.75. The molecule has 102 valence electrons. The first-order chi connectivity index (χ1) is 8.47. The molecule has 0 saturated heterocycles. The molecule has 1 fully saturated rings. The molecular weight excluding hydrogens is 238 g/mol. The SMILES string of the molecule is Cc1cc(C(C)NC2CC(C)CCC2C)c(C)s1. The second-order valence-electron chi connectivity index (χ2n) is 6.26. The highest BCUT2D eigenvalue weighted by Gasteiger charge is 2.27. The van der Waals surface area contributed by atoms with Gasteiger partial charge in [-0.1, -0.05) is 20.3 Å². The van der Waals surface area contributed by atoms with E-state index in [2.05, 4.69) is 46.0 Å². The third-order valence-corrected chi connectivity index (χ3v) is 5.45. The molecule has 1 aromatic heterocycles. The van der Waals surface area contributed by atoms with Gasteiger partial charge in [-0.05, 0) is 57.1 Å². The third kappa shape index (κ3) is 3.16. The van der Waals surface area contributed by atoms with E-state index in [4.69, 9.17) is 0 Å². The minimum Gasteiger partial charge on any atom is -0.307 e. The van der Waals surface area contributed by atoms with Gasteiger partial charge < -0.3 is 5.32 Å². The summed E-state index contributed by atoms with van der Waals surface area (Å²) >= 11 is 1.92. The Kier molecular flexibility index (Phi) is 4.50. The van der Waals surface area contributed by atoms with Gasteiger partial charge in [-0.2, -0.15) is 0 Å². The van der Waals surface area contributed by atoms with Gasteiger partial charge in [0.05, 0.1) is 0 Å². The van der Waals surface area contributed by atoms with Crippen molar-refractivity contribution < 1.29 is 0 Å². The van der Waals surface area contributed by atoms with Gasteiger partial charge in [0.2, 0.25) is 0 Å². The van der Waals surface area contributed by atoms with Crippen molar-refractivity contribution in [1.82, 2.24) is 5.32 Å². The fourth-order valence-electron chi connectivity index (χ4n) is 3.26. The summed E-state index contributed by atoms with van der Waals surface area (Å²) in [5, 5.41) is 3.88. The van der Waals surface area contributed by atoms with Crippen LogP contribution in [0, 0.1) is 25.7 Å². The quantitative estimate of drug-likeness (QED) is 0.824. The molecule has 0 bridgehead atoms. The molecule has 1 aromatic rings. The summed E-state index contributed by atoms with van der Waals surface area (Å²) in [7, 11) is 0. The van der Waals surface area contributed by atoms with E-state index in [1.54, 1.807) is 0 Å². The molecule has 1 nitrogen and oxygen atoms in total. The van der Waals surface area contributed by atoms with Gasteiger partial charge in [-0.15, -0.1) is 11.3 Å². The molecule has 0 amide bonds. The predicted molar refractivity (Wildman–Crippen MR) is 81.3 cm³/mol. The lowest BCUT2D eigenvalue weighted by atomic mass is 9.79. The summed E-state index contributed by atoms with van der Waals surface area (Å²) in [6, 6.07) is 3.55. The molecule has 1 saturated carbocycles. The minimum atomic E-state index is 0.493. The zero-order valence-electron chi connectivity index (χ0n) is 12.4. The molecule has 0 aliphatic heterocycles. The molecule has 1 heterocycles. The van der Waals surface area contributed by atoms with E-state index in [0.717, 1.165) is 11.8 Å². The Morgan fingerprint density at radius 1 is 1.28 bits per heavy atom. The van der Waals surface area contributed by atoms with Gasteiger partial charge in [-0.25, -0.2) is 0 Å². The highest BCUT2D eigenvalue weighted by Crippen LogP contribution is 2.32. The lowest BCUT2D eigenvalue weighted by Crippen LogP contribution is -2.40. The molecule has 2 heteroatoms. The van der Waals surface area contributed by atoms with E-state index < -0.39 is 0 Å². The van der Waals surface area contributed by atoms with Crippen molar-refractivity contribution in [2.45, 2.75) is 66.0 Å². The van der Waals surface area contributed by atoms with Crippen molar-refractivity contribution >= 4 is 11.3 Å². The summed E-state index contributed by atoms with van der Waals surface area (Å²) in [5.74, 6) is 1.71. The second-order valence-corrected chi connectivity index (χ2v) is 7.72. The van der Waals surface area contributed by atoms with Crippen LogP contribution in [0.5, 0.6) is 0 Å². The van der Waals surface area contributed by atoms with Crippen LogP contribution in [-0.4, -0.2) is 6.04 Å². The Bertz CT molecular complexity index is 396. The van der Waals surface area contributed by atoms with Crippen molar-refractivity contribution in [3.63, 3.8) is 0 Å². The van der Waals surface area contributed by atoms with Crippen LogP contribution in [0.2, 0.25) is 0 Å². The summed E-state index contributed by atoms with van der Waals surface area (Å²) in [4.78, 5) is 2.91. The van der Waals surface area contributed by atoms with Gasteiger partial charge in [0, 0.05) is 21.8 Å². The number of rotatable bonds is 3. The van der Waals surface area contributed by atoms with E-state index in [1.165, 1.54) is 34.6 Å². The Morgan fingerprint density at radius 3 is 2.61 bits per heavy atom. The molecule has 1 aliphatic rings. The van der Waals surface area contributed by atoms with Gasteiger partial charge >= 0.3 is 0 Å². The Labute approximate surface area is 116 Å². The maximum atomic E-state index is 3.88. The summed E-state index contributed by atoms with van der Waals surface area (Å²) in [6.45, 7) is 11.6. The number of aryl methyl sites for hydroxylation is 2. The van der Waals surface area contributed by atoms with E-state index in [-0.39, 0.29) is 0 Å². The van der Waals surface area contributed by atoms with E-state index in [0.29, 0.717) is 12.1 Å². The van der Waals surface area contributed by atoms with Crippen molar-refractivity contribution in [2.24, 2.45) is 11.8 Å². The topological polar surface area (TPSA) is 12.0 Å². The van der Waals surface area contributed by atoms with Crippen molar-refractivity contribution in [2.75, 3.05) is 0 Å². The van der Waals surface area contributed by atoms with Crippen LogP contribution in [0.15, 0.2) is 6.07 Å². The molecule has 4 atom stereocenters. The third-order valence-electron chi connectivity index (χ3n) is 4.47. The average Bonchev–Trinajstić information content (AvgIpc) is 2.63. The molecule has 18 heavy (non-hydrogen) atoms. The minimum absolute atomic E-state index is 0.493.